The molecule has 1 aromatic heterocycles. The van der Waals surface area contributed by atoms with Gasteiger partial charge in [-0.1, -0.05) is 24.3 Å². The van der Waals surface area contributed by atoms with E-state index in [1.807, 2.05) is 35.2 Å². The number of carbonyl (C=O) groups excluding carboxylic acids is 1. The number of carbonyl (C=O) groups is 1. The van der Waals surface area contributed by atoms with Crippen molar-refractivity contribution in [3.63, 3.8) is 0 Å². The van der Waals surface area contributed by atoms with Gasteiger partial charge in [0.1, 0.15) is 17.9 Å². The number of furan rings is 1. The monoisotopic (exact) mass is 464 g/mol. The molecule has 2 fully saturated rings. The van der Waals surface area contributed by atoms with E-state index < -0.39 is 0 Å². The predicted molar refractivity (Wildman–Crippen MR) is 129 cm³/mol. The van der Waals surface area contributed by atoms with E-state index >= 15 is 0 Å². The van der Waals surface area contributed by atoms with Crippen LogP contribution in [0.1, 0.15) is 15.9 Å². The van der Waals surface area contributed by atoms with Crippen LogP contribution in [0.5, 0.6) is 5.75 Å². The molecule has 0 saturated carbocycles. The molecular weight excluding hydrogens is 432 g/mol. The van der Waals surface area contributed by atoms with Gasteiger partial charge in [-0.2, -0.15) is 0 Å². The Labute approximate surface area is 200 Å². The maximum absolute atomic E-state index is 13.5. The average molecular weight is 465 g/mol. The number of fused-ring (bicyclic) bond motifs is 1. The summed E-state index contributed by atoms with van der Waals surface area (Å²) in [6.45, 7) is 7.16. The first-order valence-corrected chi connectivity index (χ1v) is 12.1. The quantitative estimate of drug-likeness (QED) is 0.534. The van der Waals surface area contributed by atoms with Crippen LogP contribution >= 0.6 is 0 Å². The fraction of sp³-hybridized carbons (Fsp3) is 0.444. The third kappa shape index (κ3) is 5.60. The van der Waals surface area contributed by atoms with E-state index in [0.717, 1.165) is 50.2 Å². The molecule has 7 nitrogen and oxygen atoms in total. The van der Waals surface area contributed by atoms with Gasteiger partial charge in [0.2, 0.25) is 0 Å². The van der Waals surface area contributed by atoms with Crippen molar-refractivity contribution < 1.29 is 23.4 Å². The number of para-hydroxylation sites is 1. The van der Waals surface area contributed by atoms with Crippen molar-refractivity contribution in [1.29, 1.82) is 0 Å². The van der Waals surface area contributed by atoms with Crippen molar-refractivity contribution in [2.45, 2.75) is 6.42 Å². The number of ether oxygens (including phenoxy) is 3. The summed E-state index contributed by atoms with van der Waals surface area (Å²) in [6.07, 6.45) is 2.54. The Bertz CT molecular complexity index is 1090. The van der Waals surface area contributed by atoms with E-state index in [1.165, 1.54) is 5.56 Å². The summed E-state index contributed by atoms with van der Waals surface area (Å²) in [7, 11) is 0. The maximum Gasteiger partial charge on any atom is 0.257 e. The number of amides is 1. The van der Waals surface area contributed by atoms with Crippen molar-refractivity contribution in [1.82, 2.24) is 9.80 Å². The van der Waals surface area contributed by atoms with Gasteiger partial charge in [-0.15, -0.1) is 0 Å². The fourth-order valence-corrected chi connectivity index (χ4v) is 4.70. The number of morpholine rings is 1. The van der Waals surface area contributed by atoms with E-state index in [0.29, 0.717) is 44.2 Å². The second-order valence-electron chi connectivity index (χ2n) is 8.99. The van der Waals surface area contributed by atoms with Crippen LogP contribution in [-0.2, 0) is 15.9 Å². The van der Waals surface area contributed by atoms with Crippen molar-refractivity contribution in [2.24, 2.45) is 5.92 Å². The van der Waals surface area contributed by atoms with Gasteiger partial charge in [0.15, 0.2) is 0 Å². The summed E-state index contributed by atoms with van der Waals surface area (Å²) in [4.78, 5) is 17.8. The maximum atomic E-state index is 13.5. The second kappa shape index (κ2) is 11.0. The van der Waals surface area contributed by atoms with Gasteiger partial charge < -0.3 is 23.5 Å². The van der Waals surface area contributed by atoms with E-state index in [1.54, 1.807) is 6.26 Å². The lowest BCUT2D eigenvalue weighted by molar-refractivity contribution is 0.0321. The molecule has 0 aliphatic carbocycles. The summed E-state index contributed by atoms with van der Waals surface area (Å²) < 4.78 is 22.9. The second-order valence-corrected chi connectivity index (χ2v) is 8.99. The fourth-order valence-electron chi connectivity index (χ4n) is 4.70. The zero-order chi connectivity index (χ0) is 23.2. The van der Waals surface area contributed by atoms with Crippen LogP contribution in [-0.4, -0.2) is 81.5 Å². The van der Waals surface area contributed by atoms with Crippen molar-refractivity contribution in [2.75, 3.05) is 65.8 Å². The minimum absolute atomic E-state index is 0.000964. The minimum Gasteiger partial charge on any atom is -0.491 e. The first kappa shape index (κ1) is 22.9. The van der Waals surface area contributed by atoms with Crippen molar-refractivity contribution in [3.05, 3.63) is 65.9 Å². The number of hydrogen-bond acceptors (Lipinski definition) is 6. The molecule has 0 unspecified atom stereocenters. The first-order chi connectivity index (χ1) is 16.8. The molecule has 1 atom stereocenters. The molecule has 5 rings (SSSR count). The minimum atomic E-state index is -0.000964. The average Bonchev–Trinajstić information content (AvgIpc) is 3.22. The van der Waals surface area contributed by atoms with Crippen LogP contribution in [0.2, 0.25) is 0 Å². The van der Waals surface area contributed by atoms with E-state index in [9.17, 15) is 4.79 Å². The lowest BCUT2D eigenvalue weighted by atomic mass is 9.98. The van der Waals surface area contributed by atoms with Gasteiger partial charge in [-0.25, -0.2) is 0 Å². The standard InChI is InChI=1S/C27H32N2O5/c30-27(24-3-1-2-4-25(24)34-16-10-28-8-13-31-14-9-28)29-11-15-32-20-22(19-29)17-21-5-6-23-7-12-33-26(23)18-21/h1-7,12,18,22H,8-11,13-17,19-20H2/t22-/m0/s1. The van der Waals surface area contributed by atoms with E-state index in [2.05, 4.69) is 23.1 Å². The first-order valence-electron chi connectivity index (χ1n) is 12.1. The summed E-state index contributed by atoms with van der Waals surface area (Å²) in [5.41, 5.74) is 2.70. The third-order valence-corrected chi connectivity index (χ3v) is 6.56. The molecule has 2 aliphatic heterocycles. The van der Waals surface area contributed by atoms with Crippen LogP contribution in [0.15, 0.2) is 59.2 Å². The van der Waals surface area contributed by atoms with Gasteiger partial charge in [0.25, 0.3) is 5.91 Å². The van der Waals surface area contributed by atoms with Crippen LogP contribution in [0.4, 0.5) is 0 Å². The largest absolute Gasteiger partial charge is 0.491 e. The zero-order valence-corrected chi connectivity index (χ0v) is 19.5. The molecule has 3 aromatic rings. The molecule has 0 radical (unpaired) electrons. The van der Waals surface area contributed by atoms with Crippen LogP contribution in [0.3, 0.4) is 0 Å². The molecule has 0 N–H and O–H groups in total. The molecule has 2 saturated heterocycles. The van der Waals surface area contributed by atoms with Gasteiger partial charge in [-0.05, 0) is 36.2 Å². The molecular formula is C27H32N2O5. The molecule has 7 heteroatoms. The Hall–Kier alpha value is -2.87. The highest BCUT2D eigenvalue weighted by molar-refractivity contribution is 5.97. The topological polar surface area (TPSA) is 64.4 Å². The number of rotatable bonds is 7. The molecule has 0 spiro atoms. The Balaban J connectivity index is 1.23. The van der Waals surface area contributed by atoms with Crippen molar-refractivity contribution >= 4 is 16.9 Å². The van der Waals surface area contributed by atoms with E-state index in [-0.39, 0.29) is 11.8 Å². The highest BCUT2D eigenvalue weighted by Gasteiger charge is 2.26. The molecule has 0 bridgehead atoms. The Morgan fingerprint density at radius 3 is 2.76 bits per heavy atom. The zero-order valence-electron chi connectivity index (χ0n) is 19.5. The molecule has 1 amide bonds. The van der Waals surface area contributed by atoms with Gasteiger partial charge >= 0.3 is 0 Å². The highest BCUT2D eigenvalue weighted by atomic mass is 16.5. The van der Waals surface area contributed by atoms with Crippen LogP contribution in [0.25, 0.3) is 11.0 Å². The third-order valence-electron chi connectivity index (χ3n) is 6.56. The van der Waals surface area contributed by atoms with E-state index in [4.69, 9.17) is 18.6 Å². The SMILES string of the molecule is O=C(c1ccccc1OCCN1CCOCC1)N1CCOC[C@@H](Cc2ccc3ccoc3c2)C1. The molecule has 34 heavy (non-hydrogen) atoms. The lowest BCUT2D eigenvalue weighted by Crippen LogP contribution is -2.39. The molecule has 180 valence electrons. The summed E-state index contributed by atoms with van der Waals surface area (Å²) >= 11 is 0. The smallest absolute Gasteiger partial charge is 0.257 e. The predicted octanol–water partition coefficient (Wildman–Crippen LogP) is 3.48. The molecule has 3 heterocycles. The van der Waals surface area contributed by atoms with Gasteiger partial charge in [0, 0.05) is 44.0 Å². The Morgan fingerprint density at radius 2 is 1.85 bits per heavy atom. The molecule has 2 aromatic carbocycles. The van der Waals surface area contributed by atoms with Crippen LogP contribution in [0, 0.1) is 5.92 Å². The lowest BCUT2D eigenvalue weighted by Gasteiger charge is -2.27. The number of hydrogen-bond donors (Lipinski definition) is 0. The van der Waals surface area contributed by atoms with Crippen LogP contribution < -0.4 is 4.74 Å². The highest BCUT2D eigenvalue weighted by Crippen LogP contribution is 2.24. The summed E-state index contributed by atoms with van der Waals surface area (Å²) in [5, 5.41) is 1.10. The normalized spacial score (nSPS) is 19.8. The number of benzene rings is 2. The van der Waals surface area contributed by atoms with Crippen molar-refractivity contribution in [3.8, 4) is 5.75 Å². The van der Waals surface area contributed by atoms with Gasteiger partial charge in [0.05, 0.1) is 38.3 Å². The van der Waals surface area contributed by atoms with Gasteiger partial charge in [-0.3, -0.25) is 9.69 Å². The number of nitrogens with zero attached hydrogens (tertiary/aromatic N) is 2. The Kier molecular flexibility index (Phi) is 7.43. The summed E-state index contributed by atoms with van der Waals surface area (Å²) in [6, 6.07) is 15.8. The summed E-state index contributed by atoms with van der Waals surface area (Å²) in [5.74, 6) is 0.859. The molecule has 2 aliphatic rings. The Morgan fingerprint density at radius 1 is 1.00 bits per heavy atom.